The summed E-state index contributed by atoms with van der Waals surface area (Å²) in [6, 6.07) is 10.6. The Morgan fingerprint density at radius 2 is 0.962 bits per heavy atom. The van der Waals surface area contributed by atoms with E-state index in [0.717, 1.165) is 0 Å². The molecule has 0 saturated heterocycles. The molecule has 2 rings (SSSR count). The van der Waals surface area contributed by atoms with Crippen LogP contribution in [0.5, 0.6) is 0 Å². The van der Waals surface area contributed by atoms with E-state index < -0.39 is 10.4 Å². The fraction of sp³-hybridized carbons (Fsp3) is 0. The molecule has 0 aliphatic heterocycles. The molecule has 12 nitrogen and oxygen atoms in total. The van der Waals surface area contributed by atoms with E-state index in [-0.39, 0.29) is 39.0 Å². The van der Waals surface area contributed by atoms with Crippen LogP contribution in [0.15, 0.2) is 49.1 Å². The molecule has 0 aromatic carbocycles. The minimum Gasteiger partial charge on any atom is -0.759 e. The van der Waals surface area contributed by atoms with Crippen molar-refractivity contribution in [1.29, 1.82) is 10.5 Å². The van der Waals surface area contributed by atoms with Gasteiger partial charge in [-0.25, -0.2) is 0 Å². The fourth-order valence-electron chi connectivity index (χ4n) is 0.853. The van der Waals surface area contributed by atoms with Gasteiger partial charge in [-0.3, -0.25) is 18.4 Å². The van der Waals surface area contributed by atoms with Gasteiger partial charge in [0.2, 0.25) is 0 Å². The van der Waals surface area contributed by atoms with Crippen LogP contribution in [0.4, 0.5) is 0 Å². The maximum Gasteiger partial charge on any atom is 2.00 e. The average molecular weight is 434 g/mol. The molecule has 0 amide bonds. The molecule has 0 aliphatic carbocycles. The van der Waals surface area contributed by atoms with E-state index in [9.17, 15) is 0 Å². The third-order valence-corrected chi connectivity index (χ3v) is 1.62. The first-order chi connectivity index (χ1) is 9.86. The third kappa shape index (κ3) is 29.5. The number of hydrogen-bond donors (Lipinski definition) is 0. The van der Waals surface area contributed by atoms with Crippen LogP contribution in [0.3, 0.4) is 0 Å². The molecule has 145 valence electrons. The number of hydrogen-bond acceptors (Lipinski definition) is 8. The van der Waals surface area contributed by atoms with E-state index in [0.29, 0.717) is 11.1 Å². The Balaban J connectivity index is -0.0000000540. The quantitative estimate of drug-likeness (QED) is 0.177. The third-order valence-electron chi connectivity index (χ3n) is 1.62. The minimum atomic E-state index is -5.17. The van der Waals surface area contributed by atoms with Gasteiger partial charge in [0.15, 0.2) is 0 Å². The molecule has 14 heteroatoms. The molecule has 0 atom stereocenters. The van der Waals surface area contributed by atoms with Gasteiger partial charge in [-0.2, -0.15) is 10.5 Å². The Labute approximate surface area is 160 Å². The molecule has 2 aromatic heterocycles. The molecule has 11 N–H and O–H groups in total. The zero-order valence-electron chi connectivity index (χ0n) is 13.1. The summed E-state index contributed by atoms with van der Waals surface area (Å²) in [4.78, 5) is 7.48. The first-order valence-corrected chi connectivity index (χ1v) is 6.47. The summed E-state index contributed by atoms with van der Waals surface area (Å²) in [7, 11) is -5.17. The summed E-state index contributed by atoms with van der Waals surface area (Å²) < 4.78 is 34.1. The van der Waals surface area contributed by atoms with Gasteiger partial charge < -0.3 is 31.0 Å². The summed E-state index contributed by atoms with van der Waals surface area (Å²) in [5.41, 5.74) is 1.31. The summed E-state index contributed by atoms with van der Waals surface area (Å²) in [6.45, 7) is 0. The van der Waals surface area contributed by atoms with Gasteiger partial charge in [0.1, 0.15) is 0 Å². The second-order valence-electron chi connectivity index (χ2n) is 3.10. The van der Waals surface area contributed by atoms with Crippen molar-refractivity contribution in [3.63, 3.8) is 0 Å². The van der Waals surface area contributed by atoms with Crippen molar-refractivity contribution in [2.45, 2.75) is 0 Å². The molecular formula is C12H19MnN4O8S+3. The Kier molecular flexibility index (Phi) is 33.6. The Morgan fingerprint density at radius 3 is 1.08 bits per heavy atom. The molecule has 0 saturated carbocycles. The molecule has 0 fully saturated rings. The van der Waals surface area contributed by atoms with E-state index in [1.54, 1.807) is 49.1 Å². The standard InChI is InChI=1S/2C6H4N2.Mn.H2O4S.4H2O/c2*7-5-6-1-3-8-4-2-6;;1-5(2,3)4;;;;/h2*1-4H;;(H2,1,2,3,4);4*1H2/q;;+2;;;;;/p+1. The van der Waals surface area contributed by atoms with Crippen molar-refractivity contribution in [2.75, 3.05) is 0 Å². The molecule has 1 radical (unpaired) electrons. The van der Waals surface area contributed by atoms with Crippen LogP contribution >= 0.6 is 0 Å². The van der Waals surface area contributed by atoms with Crippen molar-refractivity contribution in [3.05, 3.63) is 60.2 Å². The number of nitrogens with zero attached hydrogens (tertiary/aromatic N) is 4. The van der Waals surface area contributed by atoms with E-state index in [1.807, 2.05) is 12.1 Å². The van der Waals surface area contributed by atoms with Crippen LogP contribution in [0, 0.1) is 22.7 Å². The zero-order chi connectivity index (χ0) is 16.1. The van der Waals surface area contributed by atoms with Crippen molar-refractivity contribution < 1.29 is 56.5 Å². The normalized spacial score (nSPS) is 7.08. The van der Waals surface area contributed by atoms with Gasteiger partial charge in [0, 0.05) is 35.2 Å². The number of aromatic nitrogens is 2. The van der Waals surface area contributed by atoms with E-state index in [2.05, 4.69) is 9.97 Å². The van der Waals surface area contributed by atoms with Gasteiger partial charge in [-0.15, -0.1) is 0 Å². The van der Waals surface area contributed by atoms with Crippen LogP contribution in [0.1, 0.15) is 11.1 Å². The number of rotatable bonds is 0. The van der Waals surface area contributed by atoms with E-state index in [4.69, 9.17) is 28.0 Å². The summed E-state index contributed by atoms with van der Waals surface area (Å²) >= 11 is 0. The topological polar surface area (TPSA) is 284 Å². The maximum absolute atomic E-state index is 8.52. The maximum atomic E-state index is 8.52. The molecule has 2 heterocycles. The van der Waals surface area contributed by atoms with Gasteiger partial charge in [0.05, 0.1) is 23.3 Å². The molecule has 0 unspecified atom stereocenters. The largest absolute Gasteiger partial charge is 2.00 e. The minimum absolute atomic E-state index is 0. The number of nitriles is 2. The molecule has 0 spiro atoms. The second-order valence-corrected chi connectivity index (χ2v) is 3.92. The van der Waals surface area contributed by atoms with Gasteiger partial charge in [-0.05, 0) is 24.3 Å². The molecule has 0 aliphatic rings. The second kappa shape index (κ2) is 22.5. The van der Waals surface area contributed by atoms with Crippen LogP contribution < -0.4 is 0 Å². The summed E-state index contributed by atoms with van der Waals surface area (Å²) in [5, 5.41) is 16.5. The SMILES string of the molecule is N#Cc1ccncc1.N#Cc1ccncc1.O.O=S(=O)([O-])[O-].[Mn+2].[OH3+].[OH3+].[OH3+]. The predicted octanol–water partition coefficient (Wildman–Crippen LogP) is -3.02. The van der Waals surface area contributed by atoms with Crippen LogP contribution in [-0.4, -0.2) is 33.0 Å². The first kappa shape index (κ1) is 38.9. The van der Waals surface area contributed by atoms with Gasteiger partial charge >= 0.3 is 17.1 Å². The fourth-order valence-corrected chi connectivity index (χ4v) is 0.853. The zero-order valence-corrected chi connectivity index (χ0v) is 15.1. The Morgan fingerprint density at radius 1 is 0.769 bits per heavy atom. The molecule has 0 bridgehead atoms. The molecule has 26 heavy (non-hydrogen) atoms. The van der Waals surface area contributed by atoms with E-state index >= 15 is 0 Å². The Hall–Kier alpha value is -2.49. The summed E-state index contributed by atoms with van der Waals surface area (Å²) in [5.74, 6) is 0. The Bertz CT molecular complexity index is 663. The van der Waals surface area contributed by atoms with Crippen LogP contribution in [0.25, 0.3) is 0 Å². The van der Waals surface area contributed by atoms with Crippen LogP contribution in [-0.2, 0) is 43.9 Å². The monoisotopic (exact) mass is 434 g/mol. The van der Waals surface area contributed by atoms with Crippen molar-refractivity contribution >= 4 is 10.4 Å². The number of pyridine rings is 2. The van der Waals surface area contributed by atoms with Crippen molar-refractivity contribution in [1.82, 2.24) is 9.97 Å². The first-order valence-electron chi connectivity index (χ1n) is 5.13. The predicted molar refractivity (Wildman–Crippen MR) is 86.6 cm³/mol. The molecule has 2 aromatic rings. The smallest absolute Gasteiger partial charge is 0.759 e. The molecular weight excluding hydrogens is 415 g/mol. The average Bonchev–Trinajstić information content (AvgIpc) is 2.48. The van der Waals surface area contributed by atoms with Crippen molar-refractivity contribution in [3.8, 4) is 12.1 Å². The van der Waals surface area contributed by atoms with Crippen LogP contribution in [0.2, 0.25) is 0 Å². The van der Waals surface area contributed by atoms with Gasteiger partial charge in [-0.1, -0.05) is 0 Å². The van der Waals surface area contributed by atoms with E-state index in [1.165, 1.54) is 0 Å². The van der Waals surface area contributed by atoms with Crippen molar-refractivity contribution in [2.24, 2.45) is 0 Å². The van der Waals surface area contributed by atoms with Gasteiger partial charge in [0.25, 0.3) is 0 Å². The summed E-state index contributed by atoms with van der Waals surface area (Å²) in [6.07, 6.45) is 6.38.